The molecule has 1 atom stereocenters. The minimum absolute atomic E-state index is 0.194. The molecule has 5 rings (SSSR count). The summed E-state index contributed by atoms with van der Waals surface area (Å²) in [7, 11) is 3.53. The van der Waals surface area contributed by atoms with Crippen molar-refractivity contribution in [3.05, 3.63) is 65.9 Å². The van der Waals surface area contributed by atoms with E-state index in [1.54, 1.807) is 19.2 Å². The molecule has 1 aromatic heterocycles. The third-order valence-corrected chi connectivity index (χ3v) is 6.58. The Morgan fingerprint density at radius 1 is 1.19 bits per heavy atom. The number of carboxylic acids is 1. The van der Waals surface area contributed by atoms with Crippen molar-refractivity contribution in [2.45, 2.75) is 44.8 Å². The molecule has 196 valence electrons. The molecule has 2 fully saturated rings. The van der Waals surface area contributed by atoms with Crippen LogP contribution >= 0.6 is 0 Å². The van der Waals surface area contributed by atoms with Gasteiger partial charge in [-0.3, -0.25) is 9.58 Å². The number of carbonyl (C=O) groups excluding carboxylic acids is 1. The highest BCUT2D eigenvalue weighted by Crippen LogP contribution is 2.36. The topological polar surface area (TPSA) is 106 Å². The van der Waals surface area contributed by atoms with Crippen LogP contribution in [-0.2, 0) is 4.74 Å². The third-order valence-electron chi connectivity index (χ3n) is 6.58. The fourth-order valence-corrected chi connectivity index (χ4v) is 4.24. The van der Waals surface area contributed by atoms with Gasteiger partial charge in [0.15, 0.2) is 0 Å². The van der Waals surface area contributed by atoms with E-state index in [0.29, 0.717) is 18.3 Å². The number of nitrogens with zero attached hydrogens (tertiary/aromatic N) is 3. The minimum Gasteiger partial charge on any atom is -0.497 e. The van der Waals surface area contributed by atoms with Gasteiger partial charge in [-0.15, -0.1) is 0 Å². The van der Waals surface area contributed by atoms with Gasteiger partial charge in [-0.1, -0.05) is 0 Å². The van der Waals surface area contributed by atoms with E-state index in [2.05, 4.69) is 40.4 Å². The van der Waals surface area contributed by atoms with Crippen LogP contribution in [0.1, 0.15) is 48.1 Å². The highest BCUT2D eigenvalue weighted by atomic mass is 16.6. The Balaban J connectivity index is 0.000000175. The standard InChI is InChI=1S/C14H18N2O4.C14H16N2O/c1-14(7-8-15-2)9-16(13(19)20-14)11-5-3-10(4-6-11)12(17)18;1-10-9-16(12-5-6-12)15-14(10)11-3-7-13(17-2)8-4-11/h3-6,15H,7-9H2,1-2H3,(H,17,18);3-4,7-9,12H,5-6H2,1-2H3. The van der Waals surface area contributed by atoms with Gasteiger partial charge in [-0.25, -0.2) is 9.59 Å². The van der Waals surface area contributed by atoms with E-state index in [9.17, 15) is 9.59 Å². The van der Waals surface area contributed by atoms with Crippen LogP contribution in [0.4, 0.5) is 10.5 Å². The van der Waals surface area contributed by atoms with Gasteiger partial charge in [0, 0.05) is 23.9 Å². The highest BCUT2D eigenvalue weighted by Gasteiger charge is 2.41. The van der Waals surface area contributed by atoms with Crippen molar-refractivity contribution in [1.29, 1.82) is 0 Å². The van der Waals surface area contributed by atoms with Crippen molar-refractivity contribution in [1.82, 2.24) is 15.1 Å². The van der Waals surface area contributed by atoms with E-state index in [1.165, 1.54) is 35.4 Å². The van der Waals surface area contributed by atoms with Crippen LogP contribution in [0.3, 0.4) is 0 Å². The summed E-state index contributed by atoms with van der Waals surface area (Å²) in [6, 6.07) is 14.9. The molecule has 3 aromatic rings. The first kappa shape index (κ1) is 26.2. The number of carbonyl (C=O) groups is 2. The molecule has 2 aromatic carbocycles. The lowest BCUT2D eigenvalue weighted by Crippen LogP contribution is -2.34. The van der Waals surface area contributed by atoms with E-state index >= 15 is 0 Å². The number of aromatic nitrogens is 2. The Labute approximate surface area is 217 Å². The number of carboxylic acid groups (broad SMARTS) is 1. The summed E-state index contributed by atoms with van der Waals surface area (Å²) in [6.07, 6.45) is 5.01. The zero-order valence-corrected chi connectivity index (χ0v) is 21.7. The number of anilines is 1. The Morgan fingerprint density at radius 2 is 1.86 bits per heavy atom. The molecule has 9 nitrogen and oxygen atoms in total. The van der Waals surface area contributed by atoms with E-state index in [0.717, 1.165) is 30.0 Å². The predicted molar refractivity (Wildman–Crippen MR) is 141 cm³/mol. The summed E-state index contributed by atoms with van der Waals surface area (Å²) < 4.78 is 12.7. The maximum absolute atomic E-state index is 11.9. The predicted octanol–water partition coefficient (Wildman–Crippen LogP) is 4.91. The average Bonchev–Trinajstić information content (AvgIpc) is 3.61. The van der Waals surface area contributed by atoms with Crippen LogP contribution in [0.5, 0.6) is 5.75 Å². The lowest BCUT2D eigenvalue weighted by molar-refractivity contribution is 0.0655. The van der Waals surface area contributed by atoms with Crippen molar-refractivity contribution in [2.24, 2.45) is 0 Å². The zero-order valence-electron chi connectivity index (χ0n) is 21.7. The number of amides is 1. The maximum atomic E-state index is 11.9. The second kappa shape index (κ2) is 11.0. The molecule has 0 spiro atoms. The van der Waals surface area contributed by atoms with Gasteiger partial charge in [0.25, 0.3) is 0 Å². The van der Waals surface area contributed by atoms with Crippen molar-refractivity contribution >= 4 is 17.7 Å². The van der Waals surface area contributed by atoms with Crippen LogP contribution in [-0.4, -0.2) is 59.8 Å². The number of hydrogen-bond acceptors (Lipinski definition) is 6. The molecule has 2 N–H and O–H groups in total. The number of nitrogens with one attached hydrogen (secondary N) is 1. The van der Waals surface area contributed by atoms with Gasteiger partial charge >= 0.3 is 12.1 Å². The SMILES string of the molecule is CNCCC1(C)CN(c2ccc(C(=O)O)cc2)C(=O)O1.COc1ccc(-c2nn(C3CC3)cc2C)cc1. The molecule has 1 unspecified atom stereocenters. The first-order valence-electron chi connectivity index (χ1n) is 12.4. The number of aryl methyl sites for hydroxylation is 1. The summed E-state index contributed by atoms with van der Waals surface area (Å²) >= 11 is 0. The molecule has 0 bridgehead atoms. The highest BCUT2D eigenvalue weighted by molar-refractivity contribution is 5.92. The Bertz CT molecular complexity index is 1230. The minimum atomic E-state index is -0.987. The summed E-state index contributed by atoms with van der Waals surface area (Å²) in [6.45, 7) is 5.23. The molecule has 1 aliphatic carbocycles. The molecule has 1 aliphatic heterocycles. The van der Waals surface area contributed by atoms with Gasteiger partial charge in [-0.2, -0.15) is 5.10 Å². The van der Waals surface area contributed by atoms with Gasteiger partial charge in [-0.05, 0) is 94.4 Å². The van der Waals surface area contributed by atoms with Gasteiger partial charge in [0.05, 0.1) is 31.0 Å². The Kier molecular flexibility index (Phi) is 7.83. The molecule has 2 heterocycles. The quantitative estimate of drug-likeness (QED) is 0.447. The number of benzene rings is 2. The molecule has 9 heteroatoms. The van der Waals surface area contributed by atoms with Crippen molar-refractivity contribution < 1.29 is 24.2 Å². The Morgan fingerprint density at radius 3 is 2.43 bits per heavy atom. The molecular formula is C28H34N4O5. The zero-order chi connectivity index (χ0) is 26.6. The lowest BCUT2D eigenvalue weighted by atomic mass is 10.0. The van der Waals surface area contributed by atoms with E-state index in [-0.39, 0.29) is 5.56 Å². The fraction of sp³-hybridized carbons (Fsp3) is 0.393. The smallest absolute Gasteiger partial charge is 0.415 e. The summed E-state index contributed by atoms with van der Waals surface area (Å²) in [5.74, 6) is -0.104. The first-order valence-corrected chi connectivity index (χ1v) is 12.4. The number of ether oxygens (including phenoxy) is 2. The molecule has 0 radical (unpaired) electrons. The molecule has 1 amide bonds. The second-order valence-corrected chi connectivity index (χ2v) is 9.71. The van der Waals surface area contributed by atoms with Crippen molar-refractivity contribution in [2.75, 3.05) is 32.1 Å². The summed E-state index contributed by atoms with van der Waals surface area (Å²) in [5.41, 5.74) is 3.79. The van der Waals surface area contributed by atoms with Crippen molar-refractivity contribution in [3.8, 4) is 17.0 Å². The number of hydrogen-bond donors (Lipinski definition) is 2. The summed E-state index contributed by atoms with van der Waals surface area (Å²) in [5, 5.41) is 16.6. The van der Waals surface area contributed by atoms with Crippen LogP contribution in [0.2, 0.25) is 0 Å². The van der Waals surface area contributed by atoms with E-state index < -0.39 is 17.7 Å². The van der Waals surface area contributed by atoms with E-state index in [4.69, 9.17) is 14.6 Å². The molecule has 1 saturated carbocycles. The largest absolute Gasteiger partial charge is 0.497 e. The average molecular weight is 507 g/mol. The number of cyclic esters (lactones) is 1. The monoisotopic (exact) mass is 506 g/mol. The third kappa shape index (κ3) is 6.29. The number of rotatable bonds is 8. The van der Waals surface area contributed by atoms with Crippen LogP contribution in [0.25, 0.3) is 11.3 Å². The normalized spacial score (nSPS) is 18.7. The maximum Gasteiger partial charge on any atom is 0.415 e. The van der Waals surface area contributed by atoms with Crippen molar-refractivity contribution in [3.63, 3.8) is 0 Å². The van der Waals surface area contributed by atoms with E-state index in [1.807, 2.05) is 26.1 Å². The first-order chi connectivity index (χ1) is 17.7. The molecular weight excluding hydrogens is 472 g/mol. The number of aromatic carboxylic acids is 1. The molecule has 37 heavy (non-hydrogen) atoms. The van der Waals surface area contributed by atoms with Crippen LogP contribution in [0.15, 0.2) is 54.7 Å². The lowest BCUT2D eigenvalue weighted by Gasteiger charge is -2.21. The van der Waals surface area contributed by atoms with Crippen LogP contribution in [0, 0.1) is 6.92 Å². The van der Waals surface area contributed by atoms with Crippen LogP contribution < -0.4 is 15.0 Å². The molecule has 2 aliphatic rings. The number of methoxy groups -OCH3 is 1. The van der Waals surface area contributed by atoms with Gasteiger partial charge in [0.1, 0.15) is 11.4 Å². The van der Waals surface area contributed by atoms with Gasteiger partial charge < -0.3 is 19.9 Å². The van der Waals surface area contributed by atoms with Gasteiger partial charge in [0.2, 0.25) is 0 Å². The Hall–Kier alpha value is -3.85. The summed E-state index contributed by atoms with van der Waals surface area (Å²) in [4.78, 5) is 24.3. The second-order valence-electron chi connectivity index (χ2n) is 9.71. The fourth-order valence-electron chi connectivity index (χ4n) is 4.24. The molecule has 1 saturated heterocycles.